The molecular weight excluding hydrogens is 416 g/mol. The minimum atomic E-state index is -1.44. The molecule has 0 aliphatic carbocycles. The van der Waals surface area contributed by atoms with Gasteiger partial charge in [0.1, 0.15) is 0 Å². The Labute approximate surface area is 160 Å². The molecule has 132 valence electrons. The summed E-state index contributed by atoms with van der Waals surface area (Å²) >= 11 is -1.44. The predicted octanol–water partition coefficient (Wildman–Crippen LogP) is 3.11. The van der Waals surface area contributed by atoms with E-state index in [0.29, 0.717) is 19.8 Å². The second-order valence-corrected chi connectivity index (χ2v) is 16.2. The van der Waals surface area contributed by atoms with E-state index in [1.165, 1.54) is 0 Å². The van der Waals surface area contributed by atoms with Gasteiger partial charge in [-0.1, -0.05) is 20.8 Å². The van der Waals surface area contributed by atoms with E-state index < -0.39 is 13.3 Å². The van der Waals surface area contributed by atoms with E-state index in [9.17, 15) is 0 Å². The molecule has 0 unspecified atom stereocenters. The van der Waals surface area contributed by atoms with E-state index in [2.05, 4.69) is 41.5 Å². The van der Waals surface area contributed by atoms with Crippen LogP contribution in [0.1, 0.15) is 40.0 Å². The minimum absolute atomic E-state index is 0. The average molecular weight is 453 g/mol. The summed E-state index contributed by atoms with van der Waals surface area (Å²) in [5, 5.41) is 23.6. The van der Waals surface area contributed by atoms with Crippen LogP contribution in [-0.2, 0) is 26.2 Å². The van der Waals surface area contributed by atoms with E-state index >= 15 is 0 Å². The van der Waals surface area contributed by atoms with Crippen LogP contribution in [0.2, 0.25) is 17.3 Å². The first kappa shape index (κ1) is 30.5. The molecule has 22 heavy (non-hydrogen) atoms. The van der Waals surface area contributed by atoms with Gasteiger partial charge in [0.25, 0.3) is 0 Å². The molecule has 0 fully saturated rings. The van der Waals surface area contributed by atoms with E-state index in [4.69, 9.17) is 15.3 Å². The van der Waals surface area contributed by atoms with Gasteiger partial charge in [0.15, 0.2) is 0 Å². The number of aliphatic hydroxyl groups excluding tert-OH is 3. The minimum Gasteiger partial charge on any atom is 0 e. The first-order chi connectivity index (χ1) is 9.85. The molecule has 0 radical (unpaired) electrons. The normalized spacial score (nSPS) is 8.95. The van der Waals surface area contributed by atoms with Crippen molar-refractivity contribution in [2.75, 3.05) is 19.8 Å². The topological polar surface area (TPSA) is 60.7 Å². The van der Waals surface area contributed by atoms with Crippen LogP contribution in [0.3, 0.4) is 0 Å². The molecule has 0 aromatic heterocycles. The molecule has 3 N–H and O–H groups in total. The van der Waals surface area contributed by atoms with Crippen molar-refractivity contribution in [3.8, 4) is 0 Å². The second kappa shape index (κ2) is 23.9. The quantitative estimate of drug-likeness (QED) is 0.485. The number of hydrogen-bond acceptors (Lipinski definition) is 3. The fraction of sp³-hybridized carbons (Fsp3) is 0.706. The third kappa shape index (κ3) is 28.8. The van der Waals surface area contributed by atoms with Gasteiger partial charge in [-0.3, -0.25) is 0 Å². The van der Waals surface area contributed by atoms with Crippen molar-refractivity contribution in [1.82, 2.24) is 0 Å². The molecule has 5 heteroatoms. The van der Waals surface area contributed by atoms with Crippen molar-refractivity contribution in [1.29, 1.82) is 0 Å². The molecule has 0 aliphatic heterocycles. The molecule has 0 atom stereocenters. The standard InChI is InChI=1S/C8H13Ge.3C3H8O.Zr/c1-9(2,3)8-6-4-5-7-8;3*1-2-3-4;/h4-7H,1-3H3;3*4H,2-3H2,1H3;/q-1;;;;. The Balaban J connectivity index is -0.000000107. The van der Waals surface area contributed by atoms with Crippen LogP contribution in [0.25, 0.3) is 0 Å². The summed E-state index contributed by atoms with van der Waals surface area (Å²) in [7, 11) is 0. The van der Waals surface area contributed by atoms with Crippen molar-refractivity contribution in [3.63, 3.8) is 0 Å². The second-order valence-electron chi connectivity index (χ2n) is 5.59. The molecular formula is C17H37GeO3Zr-. The summed E-state index contributed by atoms with van der Waals surface area (Å²) in [5.74, 6) is 7.24. The van der Waals surface area contributed by atoms with Crippen LogP contribution in [0.4, 0.5) is 0 Å². The van der Waals surface area contributed by atoms with Crippen molar-refractivity contribution < 1.29 is 41.5 Å². The van der Waals surface area contributed by atoms with E-state index in [-0.39, 0.29) is 26.2 Å². The van der Waals surface area contributed by atoms with Gasteiger partial charge in [-0.2, -0.15) is 0 Å². The van der Waals surface area contributed by atoms with E-state index in [1.807, 2.05) is 20.8 Å². The van der Waals surface area contributed by atoms with Crippen LogP contribution in [0, 0.1) is 0 Å². The van der Waals surface area contributed by atoms with Gasteiger partial charge in [0.2, 0.25) is 0 Å². The maximum Gasteiger partial charge on any atom is 0 e. The molecule has 0 aliphatic rings. The van der Waals surface area contributed by atoms with E-state index in [1.54, 1.807) is 4.40 Å². The Hall–Kier alpha value is 0.656. The van der Waals surface area contributed by atoms with Gasteiger partial charge in [0.05, 0.1) is 0 Å². The molecule has 1 aromatic carbocycles. The Kier molecular flexibility index (Phi) is 33.2. The molecule has 0 saturated heterocycles. The third-order valence-electron chi connectivity index (χ3n) is 2.20. The molecule has 0 saturated carbocycles. The molecule has 0 bridgehead atoms. The zero-order valence-electron chi connectivity index (χ0n) is 15.4. The fourth-order valence-corrected chi connectivity index (χ4v) is 3.38. The Morgan fingerprint density at radius 3 is 1.05 bits per heavy atom. The molecule has 0 amide bonds. The maximum atomic E-state index is 7.88. The number of rotatable bonds is 4. The van der Waals surface area contributed by atoms with Crippen LogP contribution in [0.15, 0.2) is 24.3 Å². The van der Waals surface area contributed by atoms with Gasteiger partial charge < -0.3 is 15.3 Å². The Morgan fingerprint density at radius 2 is 0.955 bits per heavy atom. The van der Waals surface area contributed by atoms with Crippen LogP contribution in [0.5, 0.6) is 0 Å². The number of hydrogen-bond donors (Lipinski definition) is 3. The summed E-state index contributed by atoms with van der Waals surface area (Å²) in [6.07, 6.45) is 2.62. The Bertz CT molecular complexity index is 244. The SMILES string of the molecule is CCCO.CCCO.CCCO.[CH3][Ge]([CH3])([CH3])[c-]1cccc1.[Zr]. The molecule has 0 heterocycles. The van der Waals surface area contributed by atoms with Crippen LogP contribution in [-0.4, -0.2) is 48.4 Å². The van der Waals surface area contributed by atoms with E-state index in [0.717, 1.165) is 19.3 Å². The zero-order valence-corrected chi connectivity index (χ0v) is 19.9. The monoisotopic (exact) mass is 453 g/mol. The summed E-state index contributed by atoms with van der Waals surface area (Å²) < 4.78 is 1.61. The number of aliphatic hydroxyl groups is 3. The van der Waals surface area contributed by atoms with Gasteiger partial charge in [0, 0.05) is 46.0 Å². The summed E-state index contributed by atoms with van der Waals surface area (Å²) in [4.78, 5) is 0. The zero-order chi connectivity index (χ0) is 17.1. The first-order valence-corrected chi connectivity index (χ1v) is 15.2. The summed E-state index contributed by atoms with van der Waals surface area (Å²) in [6.45, 7) is 6.75. The average Bonchev–Trinajstić information content (AvgIpc) is 3.02. The first-order valence-electron chi connectivity index (χ1n) is 7.90. The van der Waals surface area contributed by atoms with Crippen molar-refractivity contribution >= 4 is 17.7 Å². The largest absolute Gasteiger partial charge is 0 e. The summed E-state index contributed by atoms with van der Waals surface area (Å²) in [5.41, 5.74) is 0. The van der Waals surface area contributed by atoms with Gasteiger partial charge in [-0.15, -0.1) is 0 Å². The van der Waals surface area contributed by atoms with Crippen LogP contribution >= 0.6 is 0 Å². The van der Waals surface area contributed by atoms with Crippen LogP contribution < -0.4 is 4.40 Å². The van der Waals surface area contributed by atoms with Crippen molar-refractivity contribution in [2.45, 2.75) is 57.3 Å². The Morgan fingerprint density at radius 1 is 0.727 bits per heavy atom. The van der Waals surface area contributed by atoms with Gasteiger partial charge in [-0.25, -0.2) is 0 Å². The summed E-state index contributed by atoms with van der Waals surface area (Å²) in [6, 6.07) is 8.76. The third-order valence-corrected chi connectivity index (χ3v) is 6.53. The van der Waals surface area contributed by atoms with Crippen molar-refractivity contribution in [2.24, 2.45) is 0 Å². The van der Waals surface area contributed by atoms with Gasteiger partial charge >= 0.3 is 59.2 Å². The predicted molar refractivity (Wildman–Crippen MR) is 97.1 cm³/mol. The molecule has 0 spiro atoms. The molecule has 3 nitrogen and oxygen atoms in total. The maximum absolute atomic E-state index is 7.88. The molecule has 1 rings (SSSR count). The molecule has 1 aromatic rings. The fourth-order valence-electron chi connectivity index (χ4n) is 0.874. The van der Waals surface area contributed by atoms with Crippen molar-refractivity contribution in [3.05, 3.63) is 24.3 Å². The van der Waals surface area contributed by atoms with Gasteiger partial charge in [-0.05, 0) is 19.3 Å². The smallest absolute Gasteiger partial charge is 0 e.